The number of nitrogens with two attached hydrogens (primary N) is 1. The summed E-state index contributed by atoms with van der Waals surface area (Å²) in [6.45, 7) is 0.248. The number of halogens is 1. The molecule has 9 heteroatoms. The number of hydrogen-bond donors (Lipinski definition) is 2. The summed E-state index contributed by atoms with van der Waals surface area (Å²) in [5.41, 5.74) is 0.136. The normalized spacial score (nSPS) is 11.2. The van der Waals surface area contributed by atoms with Crippen LogP contribution < -0.4 is 10.5 Å². The number of nitro benzene ring substituents is 1. The molecule has 0 fully saturated rings. The molecule has 0 saturated carbocycles. The van der Waals surface area contributed by atoms with Crippen molar-refractivity contribution < 1.29 is 13.3 Å². The molecule has 7 nitrogen and oxygen atoms in total. The lowest BCUT2D eigenvalue weighted by Crippen LogP contribution is -2.18. The van der Waals surface area contributed by atoms with Crippen LogP contribution in [-0.4, -0.2) is 25.6 Å². The van der Waals surface area contributed by atoms with Gasteiger partial charge in [0, 0.05) is 17.6 Å². The van der Waals surface area contributed by atoms with E-state index in [0.717, 1.165) is 0 Å². The Kier molecular flexibility index (Phi) is 4.88. The van der Waals surface area contributed by atoms with E-state index >= 15 is 0 Å². The molecule has 1 aromatic rings. The standard InChI is InChI=1S/C9H12ClN3O4S/c10-7-2-3-9(13(14)15)8(6-7)12-4-1-5-18(11,16)17/h2-3,6,12H,1,4-5H2,(H2,11,16,17). The Morgan fingerprint density at radius 2 is 2.11 bits per heavy atom. The topological polar surface area (TPSA) is 115 Å². The lowest BCUT2D eigenvalue weighted by atomic mass is 10.2. The highest BCUT2D eigenvalue weighted by Gasteiger charge is 2.13. The molecule has 0 aliphatic heterocycles. The molecule has 18 heavy (non-hydrogen) atoms. The van der Waals surface area contributed by atoms with Crippen molar-refractivity contribution >= 4 is 33.0 Å². The molecule has 0 heterocycles. The summed E-state index contributed by atoms with van der Waals surface area (Å²) in [4.78, 5) is 10.2. The fraction of sp³-hybridized carbons (Fsp3) is 0.333. The second-order valence-corrected chi connectivity index (χ2v) is 5.74. The lowest BCUT2D eigenvalue weighted by Gasteiger charge is -2.06. The van der Waals surface area contributed by atoms with Crippen LogP contribution in [0.4, 0.5) is 11.4 Å². The first-order chi connectivity index (χ1) is 8.29. The molecule has 0 aromatic heterocycles. The van der Waals surface area contributed by atoms with Gasteiger partial charge in [-0.25, -0.2) is 13.6 Å². The van der Waals surface area contributed by atoms with E-state index in [0.29, 0.717) is 5.02 Å². The second-order valence-electron chi connectivity index (χ2n) is 3.57. The largest absolute Gasteiger partial charge is 0.379 e. The monoisotopic (exact) mass is 293 g/mol. The van der Waals surface area contributed by atoms with Crippen LogP contribution in [-0.2, 0) is 10.0 Å². The highest BCUT2D eigenvalue weighted by molar-refractivity contribution is 7.89. The van der Waals surface area contributed by atoms with Crippen LogP contribution in [0.1, 0.15) is 6.42 Å². The summed E-state index contributed by atoms with van der Waals surface area (Å²) in [6.07, 6.45) is 0.252. The van der Waals surface area contributed by atoms with E-state index in [4.69, 9.17) is 16.7 Å². The van der Waals surface area contributed by atoms with Gasteiger partial charge in [0.15, 0.2) is 0 Å². The van der Waals surface area contributed by atoms with Gasteiger partial charge < -0.3 is 5.32 Å². The van der Waals surface area contributed by atoms with Gasteiger partial charge in [-0.05, 0) is 18.6 Å². The van der Waals surface area contributed by atoms with Crippen molar-refractivity contribution in [2.75, 3.05) is 17.6 Å². The Hall–Kier alpha value is -1.38. The number of anilines is 1. The maximum Gasteiger partial charge on any atom is 0.292 e. The van der Waals surface area contributed by atoms with Gasteiger partial charge in [0.2, 0.25) is 10.0 Å². The van der Waals surface area contributed by atoms with E-state index in [1.54, 1.807) is 0 Å². The molecular formula is C9H12ClN3O4S. The number of benzene rings is 1. The number of primary sulfonamides is 1. The van der Waals surface area contributed by atoms with Crippen molar-refractivity contribution in [2.45, 2.75) is 6.42 Å². The van der Waals surface area contributed by atoms with Crippen molar-refractivity contribution in [1.29, 1.82) is 0 Å². The first-order valence-electron chi connectivity index (χ1n) is 4.98. The number of hydrogen-bond acceptors (Lipinski definition) is 5. The molecule has 0 saturated heterocycles. The maximum atomic E-state index is 10.7. The van der Waals surface area contributed by atoms with Crippen molar-refractivity contribution in [1.82, 2.24) is 0 Å². The predicted octanol–water partition coefficient (Wildman–Crippen LogP) is 1.34. The quantitative estimate of drug-likeness (QED) is 0.466. The van der Waals surface area contributed by atoms with Crippen molar-refractivity contribution in [3.05, 3.63) is 33.3 Å². The smallest absolute Gasteiger partial charge is 0.292 e. The molecule has 0 aliphatic rings. The van der Waals surface area contributed by atoms with Crippen LogP contribution >= 0.6 is 11.6 Å². The molecule has 0 bridgehead atoms. The van der Waals surface area contributed by atoms with Crippen molar-refractivity contribution in [2.24, 2.45) is 5.14 Å². The van der Waals surface area contributed by atoms with E-state index < -0.39 is 14.9 Å². The zero-order chi connectivity index (χ0) is 13.8. The van der Waals surface area contributed by atoms with Crippen LogP contribution in [0.25, 0.3) is 0 Å². The van der Waals surface area contributed by atoms with Crippen LogP contribution in [0.3, 0.4) is 0 Å². The molecule has 1 aromatic carbocycles. The van der Waals surface area contributed by atoms with Gasteiger partial charge in [-0.3, -0.25) is 10.1 Å². The number of nitro groups is 1. The van der Waals surface area contributed by atoms with E-state index in [2.05, 4.69) is 5.32 Å². The molecule has 1 rings (SSSR count). The molecule has 0 atom stereocenters. The Labute approximate surface area is 109 Å². The van der Waals surface area contributed by atoms with Crippen LogP contribution in [0.5, 0.6) is 0 Å². The summed E-state index contributed by atoms with van der Waals surface area (Å²) < 4.78 is 21.4. The molecule has 0 unspecified atom stereocenters. The van der Waals surface area contributed by atoms with E-state index in [1.165, 1.54) is 18.2 Å². The molecule has 0 amide bonds. The average Bonchev–Trinajstić information content (AvgIpc) is 2.22. The summed E-state index contributed by atoms with van der Waals surface area (Å²) in [5.74, 6) is -0.186. The third kappa shape index (κ3) is 4.86. The minimum absolute atomic E-state index is 0.116. The zero-order valence-electron chi connectivity index (χ0n) is 9.30. The minimum atomic E-state index is -3.51. The van der Waals surface area contributed by atoms with Gasteiger partial charge in [0.25, 0.3) is 5.69 Å². The van der Waals surface area contributed by atoms with E-state index in [-0.39, 0.29) is 30.1 Å². The molecule has 0 aliphatic carbocycles. The van der Waals surface area contributed by atoms with Crippen LogP contribution in [0.15, 0.2) is 18.2 Å². The van der Waals surface area contributed by atoms with Gasteiger partial charge in [0.1, 0.15) is 5.69 Å². The second kappa shape index (κ2) is 5.98. The van der Waals surface area contributed by atoms with Crippen molar-refractivity contribution in [3.8, 4) is 0 Å². The van der Waals surface area contributed by atoms with Gasteiger partial charge in [-0.15, -0.1) is 0 Å². The fourth-order valence-electron chi connectivity index (χ4n) is 1.31. The molecule has 3 N–H and O–H groups in total. The maximum absolute atomic E-state index is 10.7. The molecule has 0 radical (unpaired) electrons. The summed E-state index contributed by atoms with van der Waals surface area (Å²) >= 11 is 5.73. The van der Waals surface area contributed by atoms with E-state index in [1.807, 2.05) is 0 Å². The van der Waals surface area contributed by atoms with Crippen LogP contribution in [0.2, 0.25) is 5.02 Å². The highest BCUT2D eigenvalue weighted by Crippen LogP contribution is 2.27. The number of rotatable bonds is 6. The lowest BCUT2D eigenvalue weighted by molar-refractivity contribution is -0.384. The number of sulfonamides is 1. The first kappa shape index (κ1) is 14.7. The zero-order valence-corrected chi connectivity index (χ0v) is 10.9. The Morgan fingerprint density at radius 1 is 1.44 bits per heavy atom. The van der Waals surface area contributed by atoms with Gasteiger partial charge in [0.05, 0.1) is 10.7 Å². The Morgan fingerprint density at radius 3 is 2.67 bits per heavy atom. The van der Waals surface area contributed by atoms with Gasteiger partial charge in [-0.1, -0.05) is 11.6 Å². The third-order valence-electron chi connectivity index (χ3n) is 2.08. The summed E-state index contributed by atoms with van der Waals surface area (Å²) in [7, 11) is -3.51. The summed E-state index contributed by atoms with van der Waals surface area (Å²) in [6, 6.07) is 4.11. The third-order valence-corrected chi connectivity index (χ3v) is 3.17. The van der Waals surface area contributed by atoms with Gasteiger partial charge >= 0.3 is 0 Å². The fourth-order valence-corrected chi connectivity index (χ4v) is 2.02. The highest BCUT2D eigenvalue weighted by atomic mass is 35.5. The first-order valence-corrected chi connectivity index (χ1v) is 7.07. The van der Waals surface area contributed by atoms with E-state index in [9.17, 15) is 18.5 Å². The average molecular weight is 294 g/mol. The number of nitrogens with zero attached hydrogens (tertiary/aromatic N) is 1. The number of nitrogens with one attached hydrogen (secondary N) is 1. The van der Waals surface area contributed by atoms with Gasteiger partial charge in [-0.2, -0.15) is 0 Å². The summed E-state index contributed by atoms with van der Waals surface area (Å²) in [5, 5.41) is 18.7. The molecule has 0 spiro atoms. The predicted molar refractivity (Wildman–Crippen MR) is 69.2 cm³/mol. The Balaban J connectivity index is 2.66. The molecule has 100 valence electrons. The Bertz CT molecular complexity index is 547. The SMILES string of the molecule is NS(=O)(=O)CCCNc1cc(Cl)ccc1[N+](=O)[O-]. The van der Waals surface area contributed by atoms with Crippen LogP contribution in [0, 0.1) is 10.1 Å². The van der Waals surface area contributed by atoms with Crippen molar-refractivity contribution in [3.63, 3.8) is 0 Å². The molecular weight excluding hydrogens is 282 g/mol. The minimum Gasteiger partial charge on any atom is -0.379 e.